The van der Waals surface area contributed by atoms with E-state index in [4.69, 9.17) is 10.8 Å². The van der Waals surface area contributed by atoms with Gasteiger partial charge in [-0.1, -0.05) is 0 Å². The van der Waals surface area contributed by atoms with Crippen LogP contribution in [0.3, 0.4) is 0 Å². The standard InChI is InChI=1S/C8H18N2O2/c1-6(9)7(12)10(4)8(2,3)5-11/h6,11H,5,9H2,1-4H3/t6-/m0/s1. The molecule has 72 valence electrons. The fraction of sp³-hybridized carbons (Fsp3) is 0.875. The molecule has 0 fully saturated rings. The van der Waals surface area contributed by atoms with Crippen LogP contribution in [0.25, 0.3) is 0 Å². The molecule has 0 aliphatic rings. The summed E-state index contributed by atoms with van der Waals surface area (Å²) in [4.78, 5) is 12.8. The van der Waals surface area contributed by atoms with Gasteiger partial charge in [0, 0.05) is 7.05 Å². The summed E-state index contributed by atoms with van der Waals surface area (Å²) >= 11 is 0. The van der Waals surface area contributed by atoms with Gasteiger partial charge in [-0.15, -0.1) is 0 Å². The molecular formula is C8H18N2O2. The zero-order valence-electron chi connectivity index (χ0n) is 8.16. The van der Waals surface area contributed by atoms with Crippen molar-refractivity contribution in [2.75, 3.05) is 13.7 Å². The summed E-state index contributed by atoms with van der Waals surface area (Å²) in [6.45, 7) is 5.13. The fourth-order valence-corrected chi connectivity index (χ4v) is 0.710. The molecule has 0 aliphatic heterocycles. The van der Waals surface area contributed by atoms with Gasteiger partial charge in [-0.25, -0.2) is 0 Å². The van der Waals surface area contributed by atoms with E-state index in [0.717, 1.165) is 0 Å². The number of nitrogens with two attached hydrogens (primary N) is 1. The number of carbonyl (C=O) groups excluding carboxylic acids is 1. The Balaban J connectivity index is 4.38. The second kappa shape index (κ2) is 3.87. The van der Waals surface area contributed by atoms with E-state index in [-0.39, 0.29) is 12.5 Å². The number of rotatable bonds is 3. The number of carbonyl (C=O) groups is 1. The van der Waals surface area contributed by atoms with Crippen LogP contribution in [0.15, 0.2) is 0 Å². The molecule has 1 amide bonds. The van der Waals surface area contributed by atoms with E-state index in [2.05, 4.69) is 0 Å². The van der Waals surface area contributed by atoms with E-state index >= 15 is 0 Å². The Morgan fingerprint density at radius 3 is 2.33 bits per heavy atom. The van der Waals surface area contributed by atoms with Crippen molar-refractivity contribution in [3.05, 3.63) is 0 Å². The van der Waals surface area contributed by atoms with Gasteiger partial charge in [0.1, 0.15) is 0 Å². The summed E-state index contributed by atoms with van der Waals surface area (Å²) in [7, 11) is 1.64. The molecule has 3 N–H and O–H groups in total. The Morgan fingerprint density at radius 2 is 2.08 bits per heavy atom. The number of hydrogen-bond donors (Lipinski definition) is 2. The summed E-state index contributed by atoms with van der Waals surface area (Å²) in [5.41, 5.74) is 4.88. The molecule has 12 heavy (non-hydrogen) atoms. The first-order chi connectivity index (χ1) is 5.33. The number of aliphatic hydroxyl groups is 1. The van der Waals surface area contributed by atoms with Crippen molar-refractivity contribution in [1.29, 1.82) is 0 Å². The number of nitrogens with zero attached hydrogens (tertiary/aromatic N) is 1. The van der Waals surface area contributed by atoms with Gasteiger partial charge in [0.15, 0.2) is 0 Å². The molecule has 4 heteroatoms. The van der Waals surface area contributed by atoms with E-state index in [0.29, 0.717) is 0 Å². The van der Waals surface area contributed by atoms with Crippen LogP contribution in [0.5, 0.6) is 0 Å². The predicted molar refractivity (Wildman–Crippen MR) is 47.6 cm³/mol. The third-order valence-corrected chi connectivity index (χ3v) is 2.02. The highest BCUT2D eigenvalue weighted by atomic mass is 16.3. The fourth-order valence-electron chi connectivity index (χ4n) is 0.710. The smallest absolute Gasteiger partial charge is 0.239 e. The molecule has 0 spiro atoms. The third-order valence-electron chi connectivity index (χ3n) is 2.02. The van der Waals surface area contributed by atoms with E-state index in [1.807, 2.05) is 0 Å². The van der Waals surface area contributed by atoms with Crippen LogP contribution in [0.2, 0.25) is 0 Å². The highest BCUT2D eigenvalue weighted by Crippen LogP contribution is 2.11. The summed E-state index contributed by atoms with van der Waals surface area (Å²) in [6, 6.07) is -0.513. The largest absolute Gasteiger partial charge is 0.394 e. The molecule has 0 rings (SSSR count). The first-order valence-electron chi connectivity index (χ1n) is 3.97. The minimum Gasteiger partial charge on any atom is -0.394 e. The summed E-state index contributed by atoms with van der Waals surface area (Å²) in [5, 5.41) is 8.96. The topological polar surface area (TPSA) is 66.6 Å². The molecule has 0 unspecified atom stereocenters. The van der Waals surface area contributed by atoms with Gasteiger partial charge < -0.3 is 15.7 Å². The molecule has 0 aromatic rings. The highest BCUT2D eigenvalue weighted by Gasteiger charge is 2.28. The quantitative estimate of drug-likeness (QED) is 0.609. The van der Waals surface area contributed by atoms with Crippen molar-refractivity contribution in [2.24, 2.45) is 5.73 Å². The zero-order valence-corrected chi connectivity index (χ0v) is 8.16. The maximum absolute atomic E-state index is 11.3. The molecule has 4 nitrogen and oxygen atoms in total. The van der Waals surface area contributed by atoms with Crippen LogP contribution in [-0.2, 0) is 4.79 Å². The van der Waals surface area contributed by atoms with Gasteiger partial charge in [-0.2, -0.15) is 0 Å². The Bertz CT molecular complexity index is 166. The van der Waals surface area contributed by atoms with Crippen molar-refractivity contribution in [2.45, 2.75) is 32.4 Å². The van der Waals surface area contributed by atoms with Gasteiger partial charge in [-0.05, 0) is 20.8 Å². The van der Waals surface area contributed by atoms with Gasteiger partial charge in [-0.3, -0.25) is 4.79 Å². The second-order valence-corrected chi connectivity index (χ2v) is 3.66. The number of amides is 1. The Morgan fingerprint density at radius 1 is 1.67 bits per heavy atom. The van der Waals surface area contributed by atoms with Crippen molar-refractivity contribution in [3.63, 3.8) is 0 Å². The molecular weight excluding hydrogens is 156 g/mol. The van der Waals surface area contributed by atoms with Crippen molar-refractivity contribution < 1.29 is 9.90 Å². The lowest BCUT2D eigenvalue weighted by atomic mass is 10.0. The van der Waals surface area contributed by atoms with Crippen LogP contribution in [0.4, 0.5) is 0 Å². The molecule has 1 atom stereocenters. The van der Waals surface area contributed by atoms with Crippen LogP contribution in [0.1, 0.15) is 20.8 Å². The third kappa shape index (κ3) is 2.46. The summed E-state index contributed by atoms with van der Waals surface area (Å²) < 4.78 is 0. The van der Waals surface area contributed by atoms with Crippen molar-refractivity contribution in [1.82, 2.24) is 4.90 Å². The van der Waals surface area contributed by atoms with Gasteiger partial charge in [0.2, 0.25) is 5.91 Å². The number of likely N-dealkylation sites (N-methyl/N-ethyl adjacent to an activating group) is 1. The lowest BCUT2D eigenvalue weighted by Gasteiger charge is -2.34. The molecule has 0 heterocycles. The molecule has 0 aliphatic carbocycles. The van der Waals surface area contributed by atoms with E-state index in [9.17, 15) is 4.79 Å². The van der Waals surface area contributed by atoms with Crippen molar-refractivity contribution >= 4 is 5.91 Å². The first-order valence-corrected chi connectivity index (χ1v) is 3.97. The van der Waals surface area contributed by atoms with Crippen LogP contribution >= 0.6 is 0 Å². The summed E-state index contributed by atoms with van der Waals surface area (Å²) in [6.07, 6.45) is 0. The minimum atomic E-state index is -0.537. The number of hydrogen-bond acceptors (Lipinski definition) is 3. The predicted octanol–water partition coefficient (Wildman–Crippen LogP) is -0.437. The maximum Gasteiger partial charge on any atom is 0.239 e. The Kier molecular flexibility index (Phi) is 3.67. The van der Waals surface area contributed by atoms with Crippen LogP contribution in [-0.4, -0.2) is 41.1 Å². The Hall–Kier alpha value is -0.610. The first kappa shape index (κ1) is 11.4. The van der Waals surface area contributed by atoms with Crippen molar-refractivity contribution in [3.8, 4) is 0 Å². The molecule has 0 saturated heterocycles. The van der Waals surface area contributed by atoms with Gasteiger partial charge in [0.05, 0.1) is 18.2 Å². The van der Waals surface area contributed by atoms with E-state index in [1.165, 1.54) is 4.90 Å². The minimum absolute atomic E-state index is 0.0675. The lowest BCUT2D eigenvalue weighted by Crippen LogP contribution is -2.52. The number of aliphatic hydroxyl groups excluding tert-OH is 1. The Labute approximate surface area is 73.3 Å². The second-order valence-electron chi connectivity index (χ2n) is 3.66. The molecule has 0 radical (unpaired) electrons. The molecule has 0 aromatic carbocycles. The highest BCUT2D eigenvalue weighted by molar-refractivity contribution is 5.81. The SMILES string of the molecule is C[C@H](N)C(=O)N(C)C(C)(C)CO. The van der Waals surface area contributed by atoms with E-state index in [1.54, 1.807) is 27.8 Å². The van der Waals surface area contributed by atoms with Gasteiger partial charge in [0.25, 0.3) is 0 Å². The monoisotopic (exact) mass is 174 g/mol. The van der Waals surface area contributed by atoms with Crippen LogP contribution in [0, 0.1) is 0 Å². The maximum atomic E-state index is 11.3. The van der Waals surface area contributed by atoms with Crippen LogP contribution < -0.4 is 5.73 Å². The normalized spacial score (nSPS) is 14.2. The molecule has 0 aromatic heterocycles. The average Bonchev–Trinajstić information content (AvgIpc) is 2.01. The van der Waals surface area contributed by atoms with E-state index < -0.39 is 11.6 Å². The lowest BCUT2D eigenvalue weighted by molar-refractivity contribution is -0.137. The molecule has 0 saturated carbocycles. The summed E-state index contributed by atoms with van der Waals surface area (Å²) in [5.74, 6) is -0.158. The van der Waals surface area contributed by atoms with Gasteiger partial charge >= 0.3 is 0 Å². The molecule has 0 bridgehead atoms. The zero-order chi connectivity index (χ0) is 9.94. The average molecular weight is 174 g/mol.